The quantitative estimate of drug-likeness (QED) is 0.763. The van der Waals surface area contributed by atoms with Crippen molar-refractivity contribution in [3.05, 3.63) is 48.3 Å². The summed E-state index contributed by atoms with van der Waals surface area (Å²) >= 11 is 0. The average molecular weight is 421 g/mol. The molecule has 1 aliphatic carbocycles. The Labute approximate surface area is 186 Å². The maximum Gasteiger partial charge on any atom is 0.226 e. The minimum Gasteiger partial charge on any atom is -0.369 e. The zero-order chi connectivity index (χ0) is 21.6. The van der Waals surface area contributed by atoms with Gasteiger partial charge in [-0.1, -0.05) is 37.5 Å². The summed E-state index contributed by atoms with van der Waals surface area (Å²) in [7, 11) is 2.18. The molecular weight excluding hydrogens is 384 g/mol. The molecule has 2 aromatic rings. The van der Waals surface area contributed by atoms with Crippen molar-refractivity contribution in [2.75, 3.05) is 38.1 Å². The normalized spacial score (nSPS) is 19.2. The Morgan fingerprint density at radius 3 is 2.32 bits per heavy atom. The molecule has 0 bridgehead atoms. The van der Waals surface area contributed by atoms with Crippen molar-refractivity contribution in [2.24, 2.45) is 5.92 Å². The number of nitrogens with zero attached hydrogens (tertiary/aromatic N) is 3. The highest BCUT2D eigenvalue weighted by Gasteiger charge is 2.21. The Morgan fingerprint density at radius 2 is 1.68 bits per heavy atom. The maximum absolute atomic E-state index is 12.5. The summed E-state index contributed by atoms with van der Waals surface area (Å²) in [4.78, 5) is 21.8. The summed E-state index contributed by atoms with van der Waals surface area (Å²) in [5.41, 5.74) is 4.35. The molecule has 1 N–H and O–H groups in total. The van der Waals surface area contributed by atoms with Gasteiger partial charge in [0.05, 0.1) is 6.42 Å². The van der Waals surface area contributed by atoms with Crippen LogP contribution in [0.3, 0.4) is 0 Å². The van der Waals surface area contributed by atoms with E-state index in [1.165, 1.54) is 37.8 Å². The Kier molecular flexibility index (Phi) is 7.23. The summed E-state index contributed by atoms with van der Waals surface area (Å²) in [5.74, 6) is 0.705. The van der Waals surface area contributed by atoms with E-state index in [2.05, 4.69) is 64.4 Å². The molecule has 2 fully saturated rings. The Hall–Kier alpha value is -2.40. The highest BCUT2D eigenvalue weighted by molar-refractivity contribution is 5.78. The van der Waals surface area contributed by atoms with E-state index in [-0.39, 0.29) is 11.9 Å². The van der Waals surface area contributed by atoms with E-state index in [0.717, 1.165) is 43.0 Å². The predicted molar refractivity (Wildman–Crippen MR) is 127 cm³/mol. The van der Waals surface area contributed by atoms with Gasteiger partial charge in [0.1, 0.15) is 0 Å². The molecule has 1 atom stereocenters. The number of nitrogens with one attached hydrogen (secondary N) is 1. The van der Waals surface area contributed by atoms with Crippen LogP contribution >= 0.6 is 0 Å². The van der Waals surface area contributed by atoms with Crippen LogP contribution in [0, 0.1) is 5.92 Å². The summed E-state index contributed by atoms with van der Waals surface area (Å²) in [6.45, 7) is 6.53. The Morgan fingerprint density at radius 1 is 1.00 bits per heavy atom. The second-order valence-corrected chi connectivity index (χ2v) is 9.31. The minimum atomic E-state index is 0.0786. The highest BCUT2D eigenvalue weighted by atomic mass is 16.1. The van der Waals surface area contributed by atoms with Crippen molar-refractivity contribution in [1.82, 2.24) is 15.2 Å². The van der Waals surface area contributed by atoms with Gasteiger partial charge in [-0.2, -0.15) is 0 Å². The predicted octanol–water partition coefficient (Wildman–Crippen LogP) is 4.13. The molecular formula is C26H36N4O. The van der Waals surface area contributed by atoms with E-state index in [1.807, 2.05) is 12.3 Å². The Bertz CT molecular complexity index is 835. The van der Waals surface area contributed by atoms with Gasteiger partial charge < -0.3 is 15.1 Å². The molecule has 1 saturated heterocycles. The van der Waals surface area contributed by atoms with Gasteiger partial charge in [0.2, 0.25) is 5.91 Å². The highest BCUT2D eigenvalue weighted by Crippen LogP contribution is 2.26. The van der Waals surface area contributed by atoms with Gasteiger partial charge in [0.25, 0.3) is 0 Å². The van der Waals surface area contributed by atoms with Gasteiger partial charge in [-0.15, -0.1) is 0 Å². The molecule has 1 amide bonds. The SMILES string of the molecule is C[C@@H](NC(=O)Cc1ccc(-c2ccc(N3CCN(C)CC3)cc2)cn1)C1CCCCC1. The molecule has 2 heterocycles. The molecule has 0 unspecified atom stereocenters. The molecule has 5 heteroatoms. The lowest BCUT2D eigenvalue weighted by Crippen LogP contribution is -2.44. The van der Waals surface area contributed by atoms with E-state index >= 15 is 0 Å². The molecule has 166 valence electrons. The first-order valence-corrected chi connectivity index (χ1v) is 11.9. The number of anilines is 1. The van der Waals surface area contributed by atoms with Crippen LogP contribution in [0.1, 0.15) is 44.7 Å². The number of hydrogen-bond donors (Lipinski definition) is 1. The molecule has 0 radical (unpaired) electrons. The molecule has 1 aromatic heterocycles. The van der Waals surface area contributed by atoms with Crippen LogP contribution in [0.25, 0.3) is 11.1 Å². The molecule has 1 saturated carbocycles. The van der Waals surface area contributed by atoms with Crippen LogP contribution in [0.4, 0.5) is 5.69 Å². The molecule has 1 aliphatic heterocycles. The third kappa shape index (κ3) is 5.85. The first-order chi connectivity index (χ1) is 15.1. The number of hydrogen-bond acceptors (Lipinski definition) is 4. The van der Waals surface area contributed by atoms with Crippen molar-refractivity contribution in [2.45, 2.75) is 51.5 Å². The number of likely N-dealkylation sites (N-methyl/N-ethyl adjacent to an activating group) is 1. The number of amides is 1. The molecule has 31 heavy (non-hydrogen) atoms. The van der Waals surface area contributed by atoms with Gasteiger partial charge in [0, 0.05) is 55.4 Å². The fourth-order valence-electron chi connectivity index (χ4n) is 4.85. The van der Waals surface area contributed by atoms with E-state index in [0.29, 0.717) is 12.3 Å². The third-order valence-corrected chi connectivity index (χ3v) is 6.98. The lowest BCUT2D eigenvalue weighted by molar-refractivity contribution is -0.121. The number of benzene rings is 1. The zero-order valence-electron chi connectivity index (χ0n) is 19.0. The Balaban J connectivity index is 1.31. The lowest BCUT2D eigenvalue weighted by Gasteiger charge is -2.34. The number of piperazine rings is 1. The number of rotatable bonds is 6. The van der Waals surface area contributed by atoms with Crippen molar-refractivity contribution in [1.29, 1.82) is 0 Å². The zero-order valence-corrected chi connectivity index (χ0v) is 19.0. The van der Waals surface area contributed by atoms with E-state index in [1.54, 1.807) is 0 Å². The van der Waals surface area contributed by atoms with Crippen molar-refractivity contribution in [3.8, 4) is 11.1 Å². The van der Waals surface area contributed by atoms with Crippen LogP contribution in [0.15, 0.2) is 42.6 Å². The largest absolute Gasteiger partial charge is 0.369 e. The van der Waals surface area contributed by atoms with Crippen molar-refractivity contribution < 1.29 is 4.79 Å². The van der Waals surface area contributed by atoms with Gasteiger partial charge in [-0.3, -0.25) is 9.78 Å². The van der Waals surface area contributed by atoms with Crippen LogP contribution in [-0.2, 0) is 11.2 Å². The summed E-state index contributed by atoms with van der Waals surface area (Å²) < 4.78 is 0. The van der Waals surface area contributed by atoms with Crippen LogP contribution in [0.2, 0.25) is 0 Å². The topological polar surface area (TPSA) is 48.5 Å². The average Bonchev–Trinajstić information content (AvgIpc) is 2.81. The molecule has 1 aromatic carbocycles. The van der Waals surface area contributed by atoms with Crippen LogP contribution in [-0.4, -0.2) is 55.1 Å². The van der Waals surface area contributed by atoms with Crippen molar-refractivity contribution in [3.63, 3.8) is 0 Å². The second-order valence-electron chi connectivity index (χ2n) is 9.31. The maximum atomic E-state index is 12.5. The number of pyridine rings is 1. The summed E-state index contributed by atoms with van der Waals surface area (Å²) in [5, 5.41) is 3.20. The van der Waals surface area contributed by atoms with Crippen LogP contribution in [0.5, 0.6) is 0 Å². The smallest absolute Gasteiger partial charge is 0.226 e. The van der Waals surface area contributed by atoms with Gasteiger partial charge >= 0.3 is 0 Å². The van der Waals surface area contributed by atoms with E-state index < -0.39 is 0 Å². The third-order valence-electron chi connectivity index (χ3n) is 6.98. The standard InChI is InChI=1S/C26H36N4O/c1-20(21-6-4-3-5-7-21)28-26(31)18-24-11-8-23(19-27-24)22-9-12-25(13-10-22)30-16-14-29(2)15-17-30/h8-13,19-21H,3-7,14-18H2,1-2H3,(H,28,31)/t20-/m1/s1. The number of carbonyl (C=O) groups is 1. The lowest BCUT2D eigenvalue weighted by atomic mass is 9.84. The van der Waals surface area contributed by atoms with Crippen LogP contribution < -0.4 is 10.2 Å². The van der Waals surface area contributed by atoms with E-state index in [4.69, 9.17) is 0 Å². The minimum absolute atomic E-state index is 0.0786. The van der Waals surface area contributed by atoms with Crippen molar-refractivity contribution >= 4 is 11.6 Å². The summed E-state index contributed by atoms with van der Waals surface area (Å²) in [6.07, 6.45) is 8.64. The fourth-order valence-corrected chi connectivity index (χ4v) is 4.85. The monoisotopic (exact) mass is 420 g/mol. The first kappa shape index (κ1) is 21.8. The molecule has 0 spiro atoms. The molecule has 4 rings (SSSR count). The second kappa shape index (κ2) is 10.3. The molecule has 5 nitrogen and oxygen atoms in total. The number of aromatic nitrogens is 1. The molecule has 2 aliphatic rings. The summed E-state index contributed by atoms with van der Waals surface area (Å²) in [6, 6.07) is 13.1. The van der Waals surface area contributed by atoms with Gasteiger partial charge in [-0.25, -0.2) is 0 Å². The fraction of sp³-hybridized carbons (Fsp3) is 0.538. The van der Waals surface area contributed by atoms with Gasteiger partial charge in [0.15, 0.2) is 0 Å². The number of carbonyl (C=O) groups excluding carboxylic acids is 1. The first-order valence-electron chi connectivity index (χ1n) is 11.9. The van der Waals surface area contributed by atoms with Gasteiger partial charge in [-0.05, 0) is 56.5 Å². The van der Waals surface area contributed by atoms with E-state index in [9.17, 15) is 4.79 Å².